The molecule has 0 aromatic carbocycles. The third-order valence-electron chi connectivity index (χ3n) is 10.3. The number of unbranched alkanes of at least 4 members (excludes halogenated alkanes) is 22. The Bertz CT molecular complexity index is 1250. The minimum absolute atomic E-state index is 0.107. The third-order valence-corrected chi connectivity index (χ3v) is 10.3. The van der Waals surface area contributed by atoms with E-state index in [1.807, 2.05) is 72.9 Å². The van der Waals surface area contributed by atoms with Crippen molar-refractivity contribution >= 4 is 17.9 Å². The van der Waals surface area contributed by atoms with Gasteiger partial charge in [-0.15, -0.1) is 0 Å². The lowest BCUT2D eigenvalue weighted by Crippen LogP contribution is -2.30. The van der Waals surface area contributed by atoms with E-state index in [-0.39, 0.29) is 31.1 Å². The summed E-state index contributed by atoms with van der Waals surface area (Å²) in [5.41, 5.74) is 0. The van der Waals surface area contributed by atoms with Crippen molar-refractivity contribution in [1.29, 1.82) is 0 Å². The van der Waals surface area contributed by atoms with Gasteiger partial charge in [0.2, 0.25) is 0 Å². The summed E-state index contributed by atoms with van der Waals surface area (Å²) in [6.07, 6.45) is 63.9. The summed E-state index contributed by atoms with van der Waals surface area (Å²) < 4.78 is 16.7. The van der Waals surface area contributed by atoms with E-state index in [1.165, 1.54) is 103 Å². The average Bonchev–Trinajstić information content (AvgIpc) is 3.26. The number of hydrogen-bond acceptors (Lipinski definition) is 6. The Morgan fingerprint density at radius 3 is 1.13 bits per heavy atom. The first-order chi connectivity index (χ1) is 30.0. The lowest BCUT2D eigenvalue weighted by molar-refractivity contribution is -0.167. The first-order valence-electron chi connectivity index (χ1n) is 24.8. The highest BCUT2D eigenvalue weighted by atomic mass is 16.6. The van der Waals surface area contributed by atoms with Crippen LogP contribution < -0.4 is 0 Å². The van der Waals surface area contributed by atoms with Crippen molar-refractivity contribution in [3.63, 3.8) is 0 Å². The molecule has 0 fully saturated rings. The maximum absolute atomic E-state index is 12.8. The van der Waals surface area contributed by atoms with Crippen LogP contribution in [-0.4, -0.2) is 37.2 Å². The Morgan fingerprint density at radius 1 is 0.344 bits per heavy atom. The topological polar surface area (TPSA) is 78.9 Å². The van der Waals surface area contributed by atoms with Crippen LogP contribution in [0.1, 0.15) is 213 Å². The smallest absolute Gasteiger partial charge is 0.306 e. The van der Waals surface area contributed by atoms with Crippen LogP contribution >= 0.6 is 0 Å². The van der Waals surface area contributed by atoms with Crippen molar-refractivity contribution in [2.24, 2.45) is 0 Å². The van der Waals surface area contributed by atoms with Crippen molar-refractivity contribution in [2.75, 3.05) is 13.2 Å². The van der Waals surface area contributed by atoms with Gasteiger partial charge in [-0.05, 0) is 57.8 Å². The van der Waals surface area contributed by atoms with Gasteiger partial charge >= 0.3 is 17.9 Å². The fourth-order valence-electron chi connectivity index (χ4n) is 6.55. The van der Waals surface area contributed by atoms with Crippen LogP contribution in [0.25, 0.3) is 0 Å². The van der Waals surface area contributed by atoms with Gasteiger partial charge < -0.3 is 14.2 Å². The van der Waals surface area contributed by atoms with Crippen LogP contribution in [0.3, 0.4) is 0 Å². The zero-order chi connectivity index (χ0) is 44.4. The average molecular weight is 847 g/mol. The summed E-state index contributed by atoms with van der Waals surface area (Å²) in [7, 11) is 0. The van der Waals surface area contributed by atoms with Crippen molar-refractivity contribution in [2.45, 2.75) is 219 Å². The van der Waals surface area contributed by atoms with E-state index >= 15 is 0 Å². The predicted octanol–water partition coefficient (Wildman–Crippen LogP) is 16.2. The minimum atomic E-state index is -0.805. The second-order valence-corrected chi connectivity index (χ2v) is 16.2. The molecule has 0 amide bonds. The molecule has 61 heavy (non-hydrogen) atoms. The van der Waals surface area contributed by atoms with Crippen LogP contribution in [0, 0.1) is 0 Å². The fraction of sp³-hybridized carbons (Fsp3) is 0.655. The Kier molecular flexibility index (Phi) is 46.0. The predicted molar refractivity (Wildman–Crippen MR) is 260 cm³/mol. The molecule has 346 valence electrons. The van der Waals surface area contributed by atoms with Gasteiger partial charge in [0.15, 0.2) is 6.10 Å². The largest absolute Gasteiger partial charge is 0.462 e. The highest BCUT2D eigenvalue weighted by Crippen LogP contribution is 2.15. The molecule has 1 atom stereocenters. The Labute approximate surface area is 375 Å². The Morgan fingerprint density at radius 2 is 0.672 bits per heavy atom. The number of rotatable bonds is 43. The molecule has 0 aliphatic carbocycles. The van der Waals surface area contributed by atoms with Crippen LogP contribution in [0.4, 0.5) is 0 Å². The number of carbonyl (C=O) groups excluding carboxylic acids is 3. The van der Waals surface area contributed by atoms with E-state index in [2.05, 4.69) is 45.1 Å². The van der Waals surface area contributed by atoms with E-state index in [0.717, 1.165) is 64.2 Å². The summed E-state index contributed by atoms with van der Waals surface area (Å²) in [6.45, 7) is 6.38. The molecular weight excluding hydrogens is 757 g/mol. The van der Waals surface area contributed by atoms with Crippen LogP contribution in [0.5, 0.6) is 0 Å². The highest BCUT2D eigenvalue weighted by Gasteiger charge is 2.19. The highest BCUT2D eigenvalue weighted by molar-refractivity contribution is 5.71. The number of esters is 3. The van der Waals surface area contributed by atoms with Crippen LogP contribution in [0.2, 0.25) is 0 Å². The number of carbonyl (C=O) groups is 3. The molecule has 1 unspecified atom stereocenters. The quantitative estimate of drug-likeness (QED) is 0.0200. The van der Waals surface area contributed by atoms with Gasteiger partial charge in [0.25, 0.3) is 0 Å². The molecule has 0 rings (SSSR count). The van der Waals surface area contributed by atoms with Gasteiger partial charge in [-0.25, -0.2) is 0 Å². The molecule has 0 aromatic rings. The monoisotopic (exact) mass is 847 g/mol. The Hall–Kier alpha value is -3.67. The molecule has 0 spiro atoms. The van der Waals surface area contributed by atoms with E-state index in [0.29, 0.717) is 25.7 Å². The molecule has 6 nitrogen and oxygen atoms in total. The van der Waals surface area contributed by atoms with E-state index in [1.54, 1.807) is 0 Å². The molecule has 0 N–H and O–H groups in total. The molecule has 6 heteroatoms. The molecular formula is C55H90O6. The van der Waals surface area contributed by atoms with Crippen LogP contribution in [-0.2, 0) is 28.6 Å². The molecule has 0 aromatic heterocycles. The lowest BCUT2D eigenvalue weighted by atomic mass is 10.0. The van der Waals surface area contributed by atoms with Crippen molar-refractivity contribution in [3.05, 3.63) is 97.2 Å². The number of hydrogen-bond donors (Lipinski definition) is 0. The maximum Gasteiger partial charge on any atom is 0.306 e. The summed E-state index contributed by atoms with van der Waals surface area (Å²) >= 11 is 0. The van der Waals surface area contributed by atoms with Gasteiger partial charge in [-0.1, -0.05) is 234 Å². The minimum Gasteiger partial charge on any atom is -0.462 e. The molecule has 0 heterocycles. The normalized spacial score (nSPS) is 12.9. The van der Waals surface area contributed by atoms with Gasteiger partial charge in [-0.3, -0.25) is 14.4 Å². The van der Waals surface area contributed by atoms with Gasteiger partial charge in [-0.2, -0.15) is 0 Å². The second kappa shape index (κ2) is 49.0. The molecule has 0 aliphatic rings. The zero-order valence-electron chi connectivity index (χ0n) is 39.4. The first kappa shape index (κ1) is 57.3. The van der Waals surface area contributed by atoms with E-state index in [9.17, 15) is 14.4 Å². The number of allylic oxidation sites excluding steroid dienone is 16. The van der Waals surface area contributed by atoms with Gasteiger partial charge in [0.1, 0.15) is 13.2 Å². The molecule has 0 saturated carbocycles. The lowest BCUT2D eigenvalue weighted by Gasteiger charge is -2.18. The van der Waals surface area contributed by atoms with Crippen molar-refractivity contribution < 1.29 is 28.6 Å². The van der Waals surface area contributed by atoms with Gasteiger partial charge in [0.05, 0.1) is 0 Å². The summed E-state index contributed by atoms with van der Waals surface area (Å²) in [4.78, 5) is 37.8. The van der Waals surface area contributed by atoms with Gasteiger partial charge in [0, 0.05) is 19.3 Å². The maximum atomic E-state index is 12.8. The summed E-state index contributed by atoms with van der Waals surface area (Å²) in [5.74, 6) is -0.988. The second-order valence-electron chi connectivity index (χ2n) is 16.2. The van der Waals surface area contributed by atoms with Crippen LogP contribution in [0.15, 0.2) is 97.2 Å². The van der Waals surface area contributed by atoms with Crippen molar-refractivity contribution in [1.82, 2.24) is 0 Å². The molecule has 0 saturated heterocycles. The zero-order valence-corrected chi connectivity index (χ0v) is 39.4. The van der Waals surface area contributed by atoms with E-state index in [4.69, 9.17) is 14.2 Å². The third kappa shape index (κ3) is 47.2. The molecule has 0 aliphatic heterocycles. The van der Waals surface area contributed by atoms with Crippen molar-refractivity contribution in [3.8, 4) is 0 Å². The molecule has 0 bridgehead atoms. The Balaban J connectivity index is 4.47. The first-order valence-corrected chi connectivity index (χ1v) is 24.8. The van der Waals surface area contributed by atoms with E-state index < -0.39 is 6.10 Å². The number of ether oxygens (including phenoxy) is 3. The fourth-order valence-corrected chi connectivity index (χ4v) is 6.55. The summed E-state index contributed by atoms with van der Waals surface area (Å²) in [6, 6.07) is 0. The SMILES string of the molecule is CC\C=C/C=C\C=C/C=C\C=C\C=C/C=C\CCCCCC(=O)OCC(COC(=O)CCC/C=C\CCCCCC)OC(=O)CCCCCCCCCCCCCCCCC. The molecule has 0 radical (unpaired) electrons. The standard InChI is InChI=1S/C55H90O6/c1-4-7-10-13-16-19-21-23-25-26-27-28-30-31-33-36-39-42-45-48-54(57)60-51-52(50-59-53(56)47-44-41-38-35-18-15-12-9-6-3)61-55(58)49-46-43-40-37-34-32-29-24-22-20-17-14-11-8-5-2/h7,10,13,16,19,21,23,25-28,30-31,33,35,38,52H,4-6,8-9,11-12,14-15,17-18,20,22,24,29,32,34,36-37,39-51H2,1-3H3/b10-7-,16-13-,21-19-,25-23-,27-26+,30-28-,33-31-,38-35-. The summed E-state index contributed by atoms with van der Waals surface area (Å²) in [5, 5.41) is 0.